The van der Waals surface area contributed by atoms with Crippen LogP contribution in [-0.4, -0.2) is 11.0 Å². The van der Waals surface area contributed by atoms with E-state index >= 15 is 0 Å². The fourth-order valence-electron chi connectivity index (χ4n) is 3.73. The van der Waals surface area contributed by atoms with E-state index in [1.165, 1.54) is 30.3 Å². The van der Waals surface area contributed by atoms with E-state index in [2.05, 4.69) is 15.6 Å². The maximum absolute atomic E-state index is 14.3. The Morgan fingerprint density at radius 3 is 2.25 bits per heavy atom. The first-order chi connectivity index (χ1) is 15.4. The monoisotopic (exact) mass is 451 g/mol. The molecular formula is C25H20ClF2N3O. The molecule has 1 aromatic heterocycles. The average Bonchev–Trinajstić information content (AvgIpc) is 3.21. The van der Waals surface area contributed by atoms with Gasteiger partial charge >= 0.3 is 6.03 Å². The number of anilines is 1. The summed E-state index contributed by atoms with van der Waals surface area (Å²) in [4.78, 5) is 16.2. The smallest absolute Gasteiger partial charge is 0.320 e. The van der Waals surface area contributed by atoms with E-state index in [4.69, 9.17) is 11.6 Å². The number of carbonyl (C=O) groups excluding carboxylic acids is 1. The van der Waals surface area contributed by atoms with Gasteiger partial charge in [-0.25, -0.2) is 13.6 Å². The molecule has 0 fully saturated rings. The number of benzene rings is 3. The van der Waals surface area contributed by atoms with Gasteiger partial charge in [0.25, 0.3) is 0 Å². The third-order valence-electron chi connectivity index (χ3n) is 5.15. The van der Waals surface area contributed by atoms with Crippen molar-refractivity contribution < 1.29 is 13.6 Å². The van der Waals surface area contributed by atoms with E-state index in [-0.39, 0.29) is 0 Å². The molecule has 162 valence electrons. The van der Waals surface area contributed by atoms with Gasteiger partial charge in [-0.3, -0.25) is 0 Å². The zero-order valence-electron chi connectivity index (χ0n) is 16.9. The average molecular weight is 452 g/mol. The van der Waals surface area contributed by atoms with E-state index in [1.54, 1.807) is 30.3 Å². The molecule has 1 heterocycles. The molecule has 4 nitrogen and oxygen atoms in total. The molecule has 0 radical (unpaired) electrons. The molecular weight excluding hydrogens is 432 g/mol. The minimum absolute atomic E-state index is 0.292. The third kappa shape index (κ3) is 4.81. The molecule has 2 amide bonds. The predicted octanol–water partition coefficient (Wildman–Crippen LogP) is 6.25. The molecule has 32 heavy (non-hydrogen) atoms. The van der Waals surface area contributed by atoms with Crippen molar-refractivity contribution >= 4 is 23.3 Å². The number of urea groups is 1. The van der Waals surface area contributed by atoms with E-state index in [1.807, 2.05) is 30.3 Å². The minimum atomic E-state index is -1.19. The van der Waals surface area contributed by atoms with Gasteiger partial charge in [-0.15, -0.1) is 0 Å². The van der Waals surface area contributed by atoms with Gasteiger partial charge in [0.1, 0.15) is 22.3 Å². The molecule has 3 aromatic carbocycles. The summed E-state index contributed by atoms with van der Waals surface area (Å²) in [5.74, 6) is -0.912. The van der Waals surface area contributed by atoms with Crippen LogP contribution >= 0.6 is 11.6 Å². The molecule has 7 heteroatoms. The second-order valence-corrected chi connectivity index (χ2v) is 7.79. The van der Waals surface area contributed by atoms with Gasteiger partial charge in [0.2, 0.25) is 0 Å². The van der Waals surface area contributed by atoms with Crippen LogP contribution in [0.25, 0.3) is 0 Å². The highest BCUT2D eigenvalue weighted by Crippen LogP contribution is 2.34. The summed E-state index contributed by atoms with van der Waals surface area (Å²) in [6.45, 7) is 0. The maximum atomic E-state index is 14.3. The Bertz CT molecular complexity index is 1230. The lowest BCUT2D eigenvalue weighted by Gasteiger charge is -2.35. The van der Waals surface area contributed by atoms with Crippen molar-refractivity contribution in [3.63, 3.8) is 0 Å². The van der Waals surface area contributed by atoms with Gasteiger partial charge in [0, 0.05) is 17.8 Å². The first-order valence-electron chi connectivity index (χ1n) is 9.94. The van der Waals surface area contributed by atoms with Crippen LogP contribution in [0.1, 0.15) is 16.8 Å². The maximum Gasteiger partial charge on any atom is 0.320 e. The summed E-state index contributed by atoms with van der Waals surface area (Å²) in [5.41, 5.74) is 1.11. The van der Waals surface area contributed by atoms with E-state index in [9.17, 15) is 13.6 Å². The molecule has 4 rings (SSSR count). The first kappa shape index (κ1) is 21.6. The van der Waals surface area contributed by atoms with Gasteiger partial charge in [0.05, 0.1) is 0 Å². The van der Waals surface area contributed by atoms with Crippen molar-refractivity contribution in [3.05, 3.63) is 125 Å². The summed E-state index contributed by atoms with van der Waals surface area (Å²) in [6.07, 6.45) is 0.310. The van der Waals surface area contributed by atoms with Crippen LogP contribution in [0.15, 0.2) is 91.0 Å². The molecule has 0 aliphatic rings. The zero-order valence-corrected chi connectivity index (χ0v) is 17.7. The molecule has 4 aromatic rings. The molecule has 0 aliphatic heterocycles. The van der Waals surface area contributed by atoms with Crippen molar-refractivity contribution in [1.82, 2.24) is 10.3 Å². The number of carbonyl (C=O) groups is 1. The molecule has 0 saturated heterocycles. The number of hydrogen-bond acceptors (Lipinski definition) is 1. The van der Waals surface area contributed by atoms with E-state index < -0.39 is 23.2 Å². The number of amides is 2. The Hall–Kier alpha value is -3.64. The van der Waals surface area contributed by atoms with Crippen molar-refractivity contribution in [2.45, 2.75) is 12.0 Å². The largest absolute Gasteiger partial charge is 0.347 e. The van der Waals surface area contributed by atoms with E-state index in [0.717, 1.165) is 5.56 Å². The molecule has 0 spiro atoms. The predicted molar refractivity (Wildman–Crippen MR) is 122 cm³/mol. The molecule has 3 N–H and O–H groups in total. The van der Waals surface area contributed by atoms with Crippen LogP contribution in [0.2, 0.25) is 5.15 Å². The van der Waals surface area contributed by atoms with Crippen LogP contribution in [0, 0.1) is 11.6 Å². The van der Waals surface area contributed by atoms with Crippen molar-refractivity contribution in [2.24, 2.45) is 0 Å². The third-order valence-corrected chi connectivity index (χ3v) is 5.37. The van der Waals surface area contributed by atoms with Crippen LogP contribution in [0.4, 0.5) is 19.3 Å². The minimum Gasteiger partial charge on any atom is -0.347 e. The quantitative estimate of drug-likeness (QED) is 0.318. The number of rotatable bonds is 6. The van der Waals surface area contributed by atoms with Crippen molar-refractivity contribution in [2.75, 3.05) is 5.32 Å². The van der Waals surface area contributed by atoms with Crippen molar-refractivity contribution in [3.8, 4) is 0 Å². The summed E-state index contributed by atoms with van der Waals surface area (Å²) in [5, 5.41) is 6.02. The van der Waals surface area contributed by atoms with Crippen LogP contribution in [0.5, 0.6) is 0 Å². The Morgan fingerprint density at radius 2 is 1.59 bits per heavy atom. The Morgan fingerprint density at radius 1 is 0.875 bits per heavy atom. The van der Waals surface area contributed by atoms with Crippen molar-refractivity contribution in [1.29, 1.82) is 0 Å². The number of nitrogens with one attached hydrogen (secondary N) is 3. The summed E-state index contributed by atoms with van der Waals surface area (Å²) < 4.78 is 27.9. The van der Waals surface area contributed by atoms with Crippen LogP contribution < -0.4 is 10.6 Å². The molecule has 0 aliphatic carbocycles. The summed E-state index contributed by atoms with van der Waals surface area (Å²) >= 11 is 6.17. The zero-order chi connectivity index (χ0) is 22.6. The lowest BCUT2D eigenvalue weighted by molar-refractivity contribution is 0.241. The standard InChI is InChI=1S/C25H20ClF2N3O/c26-23-13-12-22(30-23)25(16-17-6-2-1-3-7-17,18-8-4-9-19(27)14-18)31-24(32)29-21-11-5-10-20(28)15-21/h1-15,30H,16H2,(H2,29,31,32). The molecule has 0 bridgehead atoms. The highest BCUT2D eigenvalue weighted by atomic mass is 35.5. The second-order valence-electron chi connectivity index (χ2n) is 7.39. The SMILES string of the molecule is O=C(Nc1cccc(F)c1)NC(Cc1ccccc1)(c1cccc(F)c1)c1ccc(Cl)[nH]1. The summed E-state index contributed by atoms with van der Waals surface area (Å²) in [7, 11) is 0. The fourth-order valence-corrected chi connectivity index (χ4v) is 3.90. The van der Waals surface area contributed by atoms with Gasteiger partial charge in [0.15, 0.2) is 0 Å². The fraction of sp³-hybridized carbons (Fsp3) is 0.0800. The first-order valence-corrected chi connectivity index (χ1v) is 10.3. The normalized spacial score (nSPS) is 12.7. The number of aromatic amines is 1. The van der Waals surface area contributed by atoms with E-state index in [0.29, 0.717) is 28.5 Å². The molecule has 1 atom stereocenters. The van der Waals surface area contributed by atoms with Crippen LogP contribution in [0.3, 0.4) is 0 Å². The number of hydrogen-bond donors (Lipinski definition) is 3. The highest BCUT2D eigenvalue weighted by molar-refractivity contribution is 6.29. The second kappa shape index (κ2) is 9.24. The Kier molecular flexibility index (Phi) is 6.23. The molecule has 0 saturated carbocycles. The van der Waals surface area contributed by atoms with Gasteiger partial charge in [-0.2, -0.15) is 0 Å². The number of halogens is 3. The van der Waals surface area contributed by atoms with Gasteiger partial charge < -0.3 is 15.6 Å². The lowest BCUT2D eigenvalue weighted by Crippen LogP contribution is -2.50. The number of aromatic nitrogens is 1. The van der Waals surface area contributed by atoms with Crippen LogP contribution in [-0.2, 0) is 12.0 Å². The van der Waals surface area contributed by atoms with Gasteiger partial charge in [-0.1, -0.05) is 60.1 Å². The lowest BCUT2D eigenvalue weighted by atomic mass is 9.81. The van der Waals surface area contributed by atoms with Gasteiger partial charge in [-0.05, 0) is 53.6 Å². The topological polar surface area (TPSA) is 56.9 Å². The Labute approximate surface area is 189 Å². The molecule has 1 unspecified atom stereocenters. The highest BCUT2D eigenvalue weighted by Gasteiger charge is 2.38. The Balaban J connectivity index is 1.80. The summed E-state index contributed by atoms with van der Waals surface area (Å²) in [6, 6.07) is 24.0. The number of H-pyrrole nitrogens is 1.